The van der Waals surface area contributed by atoms with Crippen LogP contribution in [0.25, 0.3) is 0 Å². The van der Waals surface area contributed by atoms with E-state index in [2.05, 4.69) is 11.8 Å². The molecule has 0 aliphatic carbocycles. The highest BCUT2D eigenvalue weighted by atomic mass is 16.6. The van der Waals surface area contributed by atoms with Crippen LogP contribution in [0.3, 0.4) is 0 Å². The lowest BCUT2D eigenvalue weighted by molar-refractivity contribution is -0.385. The van der Waals surface area contributed by atoms with Gasteiger partial charge in [-0.15, -0.1) is 5.92 Å². The fourth-order valence-electron chi connectivity index (χ4n) is 1.73. The van der Waals surface area contributed by atoms with Crippen molar-refractivity contribution in [3.63, 3.8) is 0 Å². The van der Waals surface area contributed by atoms with Crippen LogP contribution in [0.1, 0.15) is 18.1 Å². The molecule has 0 spiro atoms. The summed E-state index contributed by atoms with van der Waals surface area (Å²) in [7, 11) is 0. The topological polar surface area (TPSA) is 52.4 Å². The number of hydrogen-bond donors (Lipinski definition) is 0. The highest BCUT2D eigenvalue weighted by molar-refractivity contribution is 5.54. The average Bonchev–Trinajstić information content (AvgIpc) is 2.47. The van der Waals surface area contributed by atoms with E-state index in [9.17, 15) is 10.1 Å². The number of hydrogen-bond acceptors (Lipinski definition) is 3. The molecule has 0 N–H and O–H groups in total. The van der Waals surface area contributed by atoms with E-state index in [1.165, 1.54) is 6.07 Å². The zero-order chi connectivity index (χ0) is 14.4. The van der Waals surface area contributed by atoms with Crippen LogP contribution in [-0.2, 0) is 6.61 Å². The van der Waals surface area contributed by atoms with Crippen molar-refractivity contribution in [1.29, 1.82) is 0 Å². The molecule has 0 radical (unpaired) electrons. The molecular weight excluding hydrogens is 254 g/mol. The van der Waals surface area contributed by atoms with Crippen LogP contribution in [0.15, 0.2) is 48.5 Å². The molecule has 0 aliphatic heterocycles. The summed E-state index contributed by atoms with van der Waals surface area (Å²) in [4.78, 5) is 10.6. The summed E-state index contributed by atoms with van der Waals surface area (Å²) in [6.07, 6.45) is 0. The van der Waals surface area contributed by atoms with Gasteiger partial charge in [0.1, 0.15) is 17.9 Å². The summed E-state index contributed by atoms with van der Waals surface area (Å²) in [6, 6.07) is 14.3. The van der Waals surface area contributed by atoms with E-state index in [0.717, 1.165) is 5.56 Å². The van der Waals surface area contributed by atoms with Crippen molar-refractivity contribution >= 4 is 5.69 Å². The maximum Gasteiger partial charge on any atom is 0.288 e. The number of nitro benzene ring substituents is 1. The second-order valence-electron chi connectivity index (χ2n) is 4.09. The highest BCUT2D eigenvalue weighted by Gasteiger charge is 2.13. The number of ether oxygens (including phenoxy) is 1. The molecule has 0 amide bonds. The number of rotatable bonds is 4. The van der Waals surface area contributed by atoms with Gasteiger partial charge in [0.2, 0.25) is 0 Å². The predicted octanol–water partition coefficient (Wildman–Crippen LogP) is 3.55. The Hall–Kier alpha value is -2.80. The summed E-state index contributed by atoms with van der Waals surface area (Å²) in [5.74, 6) is 5.83. The van der Waals surface area contributed by atoms with Gasteiger partial charge in [0.25, 0.3) is 5.69 Å². The molecule has 2 aromatic rings. The molecule has 0 unspecified atom stereocenters. The van der Waals surface area contributed by atoms with Gasteiger partial charge in [-0.05, 0) is 24.6 Å². The number of nitrogens with zero attached hydrogens (tertiary/aromatic N) is 1. The average molecular weight is 267 g/mol. The van der Waals surface area contributed by atoms with Gasteiger partial charge in [0.05, 0.1) is 11.0 Å². The molecule has 2 rings (SSSR count). The Morgan fingerprint density at radius 3 is 2.60 bits per heavy atom. The standard InChI is InChI=1S/C16H13NO3/c1-2-6-14-9-10-15(11-16(14)17(18)19)20-12-13-7-4-3-5-8-13/h3-5,7-11H,12H2,1H3. The van der Waals surface area contributed by atoms with Crippen molar-refractivity contribution in [1.82, 2.24) is 0 Å². The van der Waals surface area contributed by atoms with Crippen molar-refractivity contribution < 1.29 is 9.66 Å². The summed E-state index contributed by atoms with van der Waals surface area (Å²) in [6.45, 7) is 2.01. The first-order valence-electron chi connectivity index (χ1n) is 6.08. The Kier molecular flexibility index (Phi) is 4.35. The van der Waals surface area contributed by atoms with Crippen LogP contribution < -0.4 is 4.74 Å². The van der Waals surface area contributed by atoms with Gasteiger partial charge in [-0.1, -0.05) is 36.3 Å². The van der Waals surface area contributed by atoms with E-state index in [1.54, 1.807) is 19.1 Å². The Labute approximate surface area is 117 Å². The van der Waals surface area contributed by atoms with Crippen molar-refractivity contribution in [3.05, 3.63) is 69.8 Å². The molecule has 2 aromatic carbocycles. The third-order valence-corrected chi connectivity index (χ3v) is 2.67. The van der Waals surface area contributed by atoms with E-state index >= 15 is 0 Å². The minimum Gasteiger partial charge on any atom is -0.489 e. The summed E-state index contributed by atoms with van der Waals surface area (Å²) >= 11 is 0. The first kappa shape index (κ1) is 13.6. The molecule has 0 aromatic heterocycles. The first-order chi connectivity index (χ1) is 9.70. The molecule has 0 saturated carbocycles. The maximum absolute atomic E-state index is 11.0. The molecular formula is C16H13NO3. The number of nitro groups is 1. The molecule has 4 nitrogen and oxygen atoms in total. The van der Waals surface area contributed by atoms with Gasteiger partial charge in [0, 0.05) is 0 Å². The van der Waals surface area contributed by atoms with Crippen molar-refractivity contribution in [2.45, 2.75) is 13.5 Å². The third kappa shape index (κ3) is 3.36. The van der Waals surface area contributed by atoms with Gasteiger partial charge in [-0.25, -0.2) is 0 Å². The van der Waals surface area contributed by atoms with Crippen LogP contribution in [0.2, 0.25) is 0 Å². The highest BCUT2D eigenvalue weighted by Crippen LogP contribution is 2.24. The lowest BCUT2D eigenvalue weighted by Crippen LogP contribution is -1.97. The monoisotopic (exact) mass is 267 g/mol. The normalized spacial score (nSPS) is 9.45. The summed E-state index contributed by atoms with van der Waals surface area (Å²) < 4.78 is 5.56. The Morgan fingerprint density at radius 2 is 1.95 bits per heavy atom. The fraction of sp³-hybridized carbons (Fsp3) is 0.125. The summed E-state index contributed by atoms with van der Waals surface area (Å²) in [5.41, 5.74) is 1.36. The predicted molar refractivity (Wildman–Crippen MR) is 76.4 cm³/mol. The second-order valence-corrected chi connectivity index (χ2v) is 4.09. The van der Waals surface area contributed by atoms with Gasteiger partial charge in [0.15, 0.2) is 0 Å². The van der Waals surface area contributed by atoms with Gasteiger partial charge >= 0.3 is 0 Å². The van der Waals surface area contributed by atoms with Gasteiger partial charge in [-0.2, -0.15) is 0 Å². The SMILES string of the molecule is CC#Cc1ccc(OCc2ccccc2)cc1[N+](=O)[O-]. The van der Waals surface area contributed by atoms with Crippen LogP contribution in [-0.4, -0.2) is 4.92 Å². The van der Waals surface area contributed by atoms with Crippen molar-refractivity contribution in [2.24, 2.45) is 0 Å². The minimum absolute atomic E-state index is 0.0371. The zero-order valence-electron chi connectivity index (χ0n) is 11.0. The minimum atomic E-state index is -0.449. The van der Waals surface area contributed by atoms with E-state index in [0.29, 0.717) is 17.9 Å². The van der Waals surface area contributed by atoms with E-state index in [1.807, 2.05) is 30.3 Å². The van der Waals surface area contributed by atoms with E-state index in [4.69, 9.17) is 4.74 Å². The number of benzene rings is 2. The van der Waals surface area contributed by atoms with Crippen LogP contribution in [0.5, 0.6) is 5.75 Å². The fourth-order valence-corrected chi connectivity index (χ4v) is 1.73. The molecule has 0 heterocycles. The van der Waals surface area contributed by atoms with Gasteiger partial charge < -0.3 is 4.74 Å². The van der Waals surface area contributed by atoms with E-state index < -0.39 is 4.92 Å². The second kappa shape index (κ2) is 6.39. The molecule has 0 fully saturated rings. The van der Waals surface area contributed by atoms with Crippen molar-refractivity contribution in [2.75, 3.05) is 0 Å². The molecule has 0 saturated heterocycles. The molecule has 0 bridgehead atoms. The van der Waals surface area contributed by atoms with E-state index in [-0.39, 0.29) is 5.69 Å². The van der Waals surface area contributed by atoms with Crippen LogP contribution >= 0.6 is 0 Å². The van der Waals surface area contributed by atoms with Crippen LogP contribution in [0, 0.1) is 22.0 Å². The Balaban J connectivity index is 2.18. The van der Waals surface area contributed by atoms with Gasteiger partial charge in [-0.3, -0.25) is 10.1 Å². The quantitative estimate of drug-likeness (QED) is 0.483. The largest absolute Gasteiger partial charge is 0.489 e. The zero-order valence-corrected chi connectivity index (χ0v) is 11.0. The molecule has 4 heteroatoms. The lowest BCUT2D eigenvalue weighted by atomic mass is 10.1. The Morgan fingerprint density at radius 1 is 1.20 bits per heavy atom. The Bertz CT molecular complexity index is 669. The maximum atomic E-state index is 11.0. The first-order valence-corrected chi connectivity index (χ1v) is 6.08. The van der Waals surface area contributed by atoms with Crippen molar-refractivity contribution in [3.8, 4) is 17.6 Å². The smallest absolute Gasteiger partial charge is 0.288 e. The molecule has 0 aliphatic rings. The third-order valence-electron chi connectivity index (χ3n) is 2.67. The summed E-state index contributed by atoms with van der Waals surface area (Å²) in [5, 5.41) is 11.0. The molecule has 0 atom stereocenters. The molecule has 20 heavy (non-hydrogen) atoms. The van der Waals surface area contributed by atoms with Crippen LogP contribution in [0.4, 0.5) is 5.69 Å². The lowest BCUT2D eigenvalue weighted by Gasteiger charge is -2.06. The molecule has 100 valence electrons.